The largest absolute Gasteiger partial charge is 0.369 e. The topological polar surface area (TPSA) is 23.6 Å². The van der Waals surface area contributed by atoms with Gasteiger partial charge in [-0.3, -0.25) is 9.69 Å². The van der Waals surface area contributed by atoms with Gasteiger partial charge in [-0.25, -0.2) is 4.39 Å². The molecular weight excluding hydrogens is 303 g/mol. The van der Waals surface area contributed by atoms with Gasteiger partial charge in [0, 0.05) is 43.9 Å². The highest BCUT2D eigenvalue weighted by molar-refractivity contribution is 5.95. The van der Waals surface area contributed by atoms with Gasteiger partial charge in [-0.1, -0.05) is 48.5 Å². The molecule has 3 rings (SSSR count). The molecule has 0 aliphatic carbocycles. The van der Waals surface area contributed by atoms with E-state index in [1.807, 2.05) is 41.3 Å². The molecule has 0 bridgehead atoms. The number of carbonyl (C=O) groups excluding carboxylic acids is 1. The van der Waals surface area contributed by atoms with Crippen LogP contribution < -0.4 is 4.90 Å². The number of Topliss-reactive ketones (excluding diaryl/α,β-unsaturated/α-hetero) is 1. The molecule has 126 valence electrons. The van der Waals surface area contributed by atoms with Gasteiger partial charge in [0.05, 0.1) is 0 Å². The first-order valence-electron chi connectivity index (χ1n) is 8.50. The molecule has 1 unspecified atom stereocenters. The third-order valence-electron chi connectivity index (χ3n) is 4.54. The van der Waals surface area contributed by atoms with Crippen molar-refractivity contribution < 1.29 is 9.18 Å². The van der Waals surface area contributed by atoms with Crippen LogP contribution in [0.1, 0.15) is 23.2 Å². The maximum atomic E-state index is 14.4. The lowest BCUT2D eigenvalue weighted by Gasteiger charge is -2.37. The number of nitrogens with zero attached hydrogens (tertiary/aromatic N) is 2. The van der Waals surface area contributed by atoms with Crippen LogP contribution in [0.4, 0.5) is 10.1 Å². The van der Waals surface area contributed by atoms with E-state index in [9.17, 15) is 9.18 Å². The summed E-state index contributed by atoms with van der Waals surface area (Å²) in [5, 5.41) is 0. The maximum Gasteiger partial charge on any atom is 0.163 e. The maximum absolute atomic E-state index is 14.4. The van der Waals surface area contributed by atoms with E-state index in [4.69, 9.17) is 0 Å². The summed E-state index contributed by atoms with van der Waals surface area (Å²) in [5.74, 6) is 0.0150. The van der Waals surface area contributed by atoms with Crippen LogP contribution in [-0.2, 0) is 0 Å². The molecule has 1 saturated heterocycles. The second kappa shape index (κ2) is 8.06. The summed E-state index contributed by atoms with van der Waals surface area (Å²) in [6.07, 6.45) is -0.529. The van der Waals surface area contributed by atoms with Gasteiger partial charge in [-0.2, -0.15) is 0 Å². The average molecular weight is 326 g/mol. The Hall–Kier alpha value is -2.20. The second-order valence-corrected chi connectivity index (χ2v) is 6.12. The predicted molar refractivity (Wildman–Crippen MR) is 95.1 cm³/mol. The van der Waals surface area contributed by atoms with Crippen LogP contribution in [-0.4, -0.2) is 43.2 Å². The monoisotopic (exact) mass is 326 g/mol. The predicted octanol–water partition coefficient (Wildman–Crippen LogP) is 3.77. The van der Waals surface area contributed by atoms with Gasteiger partial charge in [0.25, 0.3) is 0 Å². The van der Waals surface area contributed by atoms with Crippen molar-refractivity contribution in [2.75, 3.05) is 31.1 Å². The zero-order valence-corrected chi connectivity index (χ0v) is 13.8. The van der Waals surface area contributed by atoms with Crippen LogP contribution in [0.15, 0.2) is 60.7 Å². The number of ketones is 1. The molecule has 0 spiro atoms. The summed E-state index contributed by atoms with van der Waals surface area (Å²) in [6, 6.07) is 19.3. The van der Waals surface area contributed by atoms with Crippen molar-refractivity contribution in [2.24, 2.45) is 0 Å². The van der Waals surface area contributed by atoms with Gasteiger partial charge >= 0.3 is 0 Å². The summed E-state index contributed by atoms with van der Waals surface area (Å²) >= 11 is 0. The number of piperazine rings is 1. The number of carbonyl (C=O) groups is 1. The normalized spacial score (nSPS) is 16.8. The van der Waals surface area contributed by atoms with Gasteiger partial charge in [0.2, 0.25) is 0 Å². The summed E-state index contributed by atoms with van der Waals surface area (Å²) in [5.41, 5.74) is 1.85. The van der Waals surface area contributed by atoms with Gasteiger partial charge in [0.1, 0.15) is 0 Å². The smallest absolute Gasteiger partial charge is 0.163 e. The standard InChI is InChI=1S/C20H23FN2O/c21-20(12-11-19(24)17-7-3-1-4-8-17)23-15-13-22(14-16-23)18-9-5-2-6-10-18/h1-10,20H,11-16H2. The fourth-order valence-electron chi connectivity index (χ4n) is 3.10. The van der Waals surface area contributed by atoms with Crippen LogP contribution >= 0.6 is 0 Å². The SMILES string of the molecule is O=C(CCC(F)N1CCN(c2ccccc2)CC1)c1ccccc1. The fourth-order valence-corrected chi connectivity index (χ4v) is 3.10. The van der Waals surface area contributed by atoms with Gasteiger partial charge in [-0.05, 0) is 18.6 Å². The molecule has 0 amide bonds. The lowest BCUT2D eigenvalue weighted by atomic mass is 10.1. The first-order chi connectivity index (χ1) is 11.7. The number of hydrogen-bond acceptors (Lipinski definition) is 3. The highest BCUT2D eigenvalue weighted by Crippen LogP contribution is 2.19. The van der Waals surface area contributed by atoms with Crippen molar-refractivity contribution in [3.8, 4) is 0 Å². The van der Waals surface area contributed by atoms with Crippen LogP contribution in [0.5, 0.6) is 0 Å². The van der Waals surface area contributed by atoms with Crippen LogP contribution in [0, 0.1) is 0 Å². The number of rotatable bonds is 6. The highest BCUT2D eigenvalue weighted by Gasteiger charge is 2.24. The number of para-hydroxylation sites is 1. The Balaban J connectivity index is 1.45. The van der Waals surface area contributed by atoms with E-state index in [1.54, 1.807) is 12.1 Å². The van der Waals surface area contributed by atoms with E-state index in [-0.39, 0.29) is 18.6 Å². The molecule has 0 radical (unpaired) electrons. The molecule has 1 fully saturated rings. The molecule has 4 heteroatoms. The van der Waals surface area contributed by atoms with Crippen LogP contribution in [0.3, 0.4) is 0 Å². The molecule has 0 aromatic heterocycles. The van der Waals surface area contributed by atoms with E-state index in [1.165, 1.54) is 5.69 Å². The van der Waals surface area contributed by atoms with Crippen molar-refractivity contribution >= 4 is 11.5 Å². The quantitative estimate of drug-likeness (QED) is 0.596. The summed E-state index contributed by atoms with van der Waals surface area (Å²) in [7, 11) is 0. The Morgan fingerprint density at radius 2 is 1.50 bits per heavy atom. The average Bonchev–Trinajstić information content (AvgIpc) is 2.67. The van der Waals surface area contributed by atoms with E-state index in [2.05, 4.69) is 17.0 Å². The van der Waals surface area contributed by atoms with E-state index in [0.717, 1.165) is 13.1 Å². The lowest BCUT2D eigenvalue weighted by Crippen LogP contribution is -2.49. The highest BCUT2D eigenvalue weighted by atomic mass is 19.1. The molecule has 24 heavy (non-hydrogen) atoms. The molecule has 2 aromatic rings. The van der Waals surface area contributed by atoms with Crippen molar-refractivity contribution in [1.29, 1.82) is 0 Å². The van der Waals surface area contributed by atoms with Crippen LogP contribution in [0.25, 0.3) is 0 Å². The first kappa shape index (κ1) is 16.7. The Labute approximate surface area is 142 Å². The van der Waals surface area contributed by atoms with Gasteiger partial charge in [0.15, 0.2) is 12.1 Å². The molecule has 1 heterocycles. The molecular formula is C20H23FN2O. The molecule has 1 aliphatic rings. The molecule has 1 atom stereocenters. The van der Waals surface area contributed by atoms with E-state index in [0.29, 0.717) is 18.7 Å². The number of hydrogen-bond donors (Lipinski definition) is 0. The fraction of sp³-hybridized carbons (Fsp3) is 0.350. The van der Waals surface area contributed by atoms with Crippen molar-refractivity contribution in [3.05, 3.63) is 66.2 Å². The van der Waals surface area contributed by atoms with Crippen LogP contribution in [0.2, 0.25) is 0 Å². The van der Waals surface area contributed by atoms with Gasteiger partial charge in [-0.15, -0.1) is 0 Å². The number of anilines is 1. The molecule has 2 aromatic carbocycles. The minimum Gasteiger partial charge on any atom is -0.369 e. The Kier molecular flexibility index (Phi) is 5.59. The third-order valence-corrected chi connectivity index (χ3v) is 4.54. The molecule has 3 nitrogen and oxygen atoms in total. The van der Waals surface area contributed by atoms with Crippen molar-refractivity contribution in [2.45, 2.75) is 19.1 Å². The van der Waals surface area contributed by atoms with E-state index < -0.39 is 6.30 Å². The number of halogens is 1. The lowest BCUT2D eigenvalue weighted by molar-refractivity contribution is 0.0636. The number of benzene rings is 2. The summed E-state index contributed by atoms with van der Waals surface area (Å²) in [4.78, 5) is 16.2. The third kappa shape index (κ3) is 4.20. The zero-order valence-electron chi connectivity index (χ0n) is 13.8. The Morgan fingerprint density at radius 1 is 0.917 bits per heavy atom. The Morgan fingerprint density at radius 3 is 2.12 bits per heavy atom. The van der Waals surface area contributed by atoms with Crippen molar-refractivity contribution in [1.82, 2.24) is 4.90 Å². The van der Waals surface area contributed by atoms with Gasteiger partial charge < -0.3 is 4.90 Å². The van der Waals surface area contributed by atoms with Crippen molar-refractivity contribution in [3.63, 3.8) is 0 Å². The first-order valence-corrected chi connectivity index (χ1v) is 8.50. The second-order valence-electron chi connectivity index (χ2n) is 6.12. The number of alkyl halides is 1. The molecule has 1 aliphatic heterocycles. The summed E-state index contributed by atoms with van der Waals surface area (Å²) in [6.45, 7) is 3.01. The summed E-state index contributed by atoms with van der Waals surface area (Å²) < 4.78 is 14.4. The zero-order chi connectivity index (χ0) is 16.8. The Bertz CT molecular complexity index is 639. The minimum atomic E-state index is -1.05. The van der Waals surface area contributed by atoms with E-state index >= 15 is 0 Å². The minimum absolute atomic E-state index is 0.0150. The molecule has 0 N–H and O–H groups in total. The molecule has 0 saturated carbocycles.